The van der Waals surface area contributed by atoms with Gasteiger partial charge in [-0.2, -0.15) is 0 Å². The second kappa shape index (κ2) is 6.33. The number of hydrogen-bond acceptors (Lipinski definition) is 2. The third-order valence-corrected chi connectivity index (χ3v) is 4.48. The molecule has 0 radical (unpaired) electrons. The number of rotatable bonds is 5. The van der Waals surface area contributed by atoms with Crippen LogP contribution < -0.4 is 5.32 Å². The third-order valence-electron chi connectivity index (χ3n) is 4.48. The molecule has 1 N–H and O–H groups in total. The highest BCUT2D eigenvalue weighted by Crippen LogP contribution is 2.39. The van der Waals surface area contributed by atoms with Crippen LogP contribution in [0.15, 0.2) is 24.5 Å². The molecule has 1 fully saturated rings. The van der Waals surface area contributed by atoms with Gasteiger partial charge in [0.2, 0.25) is 0 Å². The number of likely N-dealkylation sites (N-methyl/N-ethyl adjacent to an activating group) is 1. The molecule has 1 heterocycles. The van der Waals surface area contributed by atoms with Crippen LogP contribution in [-0.4, -0.2) is 17.6 Å². The zero-order valence-corrected chi connectivity index (χ0v) is 11.8. The van der Waals surface area contributed by atoms with E-state index in [-0.39, 0.29) is 0 Å². The highest BCUT2D eigenvalue weighted by molar-refractivity contribution is 5.13. The average molecular weight is 246 g/mol. The van der Waals surface area contributed by atoms with Gasteiger partial charge in [-0.1, -0.05) is 33.1 Å². The molecule has 2 rings (SSSR count). The van der Waals surface area contributed by atoms with Crippen molar-refractivity contribution in [2.75, 3.05) is 6.54 Å². The first-order chi connectivity index (χ1) is 8.74. The van der Waals surface area contributed by atoms with Crippen molar-refractivity contribution in [3.05, 3.63) is 30.1 Å². The molecule has 2 heteroatoms. The molecule has 1 aliphatic carbocycles. The summed E-state index contributed by atoms with van der Waals surface area (Å²) in [6, 6.07) is 4.90. The second-order valence-corrected chi connectivity index (χ2v) is 5.88. The maximum Gasteiger partial charge on any atom is 0.0270 e. The SMILES string of the molecule is CCNC(Cc1ccncc1)C1(C)CCCCC1. The van der Waals surface area contributed by atoms with Gasteiger partial charge in [-0.3, -0.25) is 4.98 Å². The summed E-state index contributed by atoms with van der Waals surface area (Å²) in [6.45, 7) is 5.75. The predicted molar refractivity (Wildman–Crippen MR) is 76.6 cm³/mol. The second-order valence-electron chi connectivity index (χ2n) is 5.88. The Morgan fingerprint density at radius 2 is 1.89 bits per heavy atom. The van der Waals surface area contributed by atoms with Crippen LogP contribution in [0.4, 0.5) is 0 Å². The Hall–Kier alpha value is -0.890. The molecule has 1 aromatic rings. The fourth-order valence-electron chi connectivity index (χ4n) is 3.27. The molecule has 0 saturated heterocycles. The number of pyridine rings is 1. The van der Waals surface area contributed by atoms with Gasteiger partial charge in [0.15, 0.2) is 0 Å². The van der Waals surface area contributed by atoms with Gasteiger partial charge in [-0.15, -0.1) is 0 Å². The number of nitrogens with one attached hydrogen (secondary N) is 1. The Morgan fingerprint density at radius 1 is 1.22 bits per heavy atom. The van der Waals surface area contributed by atoms with Crippen molar-refractivity contribution in [1.29, 1.82) is 0 Å². The zero-order chi connectivity index (χ0) is 12.8. The molecule has 0 amide bonds. The van der Waals surface area contributed by atoms with Gasteiger partial charge in [-0.05, 0) is 48.9 Å². The molecule has 0 aromatic carbocycles. The van der Waals surface area contributed by atoms with Crippen molar-refractivity contribution in [1.82, 2.24) is 10.3 Å². The van der Waals surface area contributed by atoms with Gasteiger partial charge < -0.3 is 5.32 Å². The van der Waals surface area contributed by atoms with E-state index in [9.17, 15) is 0 Å². The topological polar surface area (TPSA) is 24.9 Å². The summed E-state index contributed by atoms with van der Waals surface area (Å²) in [6.07, 6.45) is 11.9. The van der Waals surface area contributed by atoms with E-state index in [0.29, 0.717) is 11.5 Å². The number of hydrogen-bond donors (Lipinski definition) is 1. The van der Waals surface area contributed by atoms with Crippen LogP contribution in [-0.2, 0) is 6.42 Å². The van der Waals surface area contributed by atoms with Crippen LogP contribution in [0, 0.1) is 5.41 Å². The summed E-state index contributed by atoms with van der Waals surface area (Å²) in [5.41, 5.74) is 1.88. The van der Waals surface area contributed by atoms with E-state index in [1.54, 1.807) is 0 Å². The normalized spacial score (nSPS) is 20.6. The molecule has 18 heavy (non-hydrogen) atoms. The lowest BCUT2D eigenvalue weighted by molar-refractivity contribution is 0.145. The van der Waals surface area contributed by atoms with Gasteiger partial charge in [0, 0.05) is 18.4 Å². The average Bonchev–Trinajstić information content (AvgIpc) is 2.40. The molecule has 1 aromatic heterocycles. The van der Waals surface area contributed by atoms with E-state index in [1.165, 1.54) is 37.7 Å². The van der Waals surface area contributed by atoms with Crippen molar-refractivity contribution >= 4 is 0 Å². The minimum atomic E-state index is 0.470. The van der Waals surface area contributed by atoms with Crippen molar-refractivity contribution < 1.29 is 0 Å². The summed E-state index contributed by atoms with van der Waals surface area (Å²) in [7, 11) is 0. The van der Waals surface area contributed by atoms with Crippen molar-refractivity contribution in [3.8, 4) is 0 Å². The van der Waals surface area contributed by atoms with Crippen LogP contribution in [0.3, 0.4) is 0 Å². The van der Waals surface area contributed by atoms with E-state index >= 15 is 0 Å². The van der Waals surface area contributed by atoms with Crippen LogP contribution in [0.2, 0.25) is 0 Å². The monoisotopic (exact) mass is 246 g/mol. The highest BCUT2D eigenvalue weighted by Gasteiger charge is 2.34. The lowest BCUT2D eigenvalue weighted by Gasteiger charge is -2.41. The first kappa shape index (κ1) is 13.5. The molecular weight excluding hydrogens is 220 g/mol. The minimum Gasteiger partial charge on any atom is -0.313 e. The van der Waals surface area contributed by atoms with Gasteiger partial charge in [-0.25, -0.2) is 0 Å². The van der Waals surface area contributed by atoms with E-state index in [4.69, 9.17) is 0 Å². The van der Waals surface area contributed by atoms with Crippen LogP contribution in [0.25, 0.3) is 0 Å². The largest absolute Gasteiger partial charge is 0.313 e. The molecule has 1 unspecified atom stereocenters. The quantitative estimate of drug-likeness (QED) is 0.859. The van der Waals surface area contributed by atoms with E-state index < -0.39 is 0 Å². The summed E-state index contributed by atoms with van der Waals surface area (Å²) in [5, 5.41) is 3.72. The fourth-order valence-corrected chi connectivity index (χ4v) is 3.27. The van der Waals surface area contributed by atoms with Crippen LogP contribution in [0.1, 0.15) is 51.5 Å². The van der Waals surface area contributed by atoms with E-state index in [1.807, 2.05) is 12.4 Å². The summed E-state index contributed by atoms with van der Waals surface area (Å²) >= 11 is 0. The van der Waals surface area contributed by atoms with Crippen molar-refractivity contribution in [3.63, 3.8) is 0 Å². The van der Waals surface area contributed by atoms with Crippen molar-refractivity contribution in [2.45, 2.75) is 58.4 Å². The Labute approximate surface area is 111 Å². The van der Waals surface area contributed by atoms with Gasteiger partial charge in [0.05, 0.1) is 0 Å². The molecule has 100 valence electrons. The molecular formula is C16H26N2. The van der Waals surface area contributed by atoms with Gasteiger partial charge >= 0.3 is 0 Å². The summed E-state index contributed by atoms with van der Waals surface area (Å²) in [5.74, 6) is 0. The molecule has 0 spiro atoms. The predicted octanol–water partition coefficient (Wildman–Crippen LogP) is 3.57. The van der Waals surface area contributed by atoms with Crippen LogP contribution >= 0.6 is 0 Å². The van der Waals surface area contributed by atoms with Crippen molar-refractivity contribution in [2.24, 2.45) is 5.41 Å². The standard InChI is InChI=1S/C16H26N2/c1-3-18-15(13-14-7-11-17-12-8-14)16(2)9-5-4-6-10-16/h7-8,11-12,15,18H,3-6,9-10,13H2,1-2H3. The first-order valence-corrected chi connectivity index (χ1v) is 7.37. The molecule has 1 atom stereocenters. The van der Waals surface area contributed by atoms with E-state index in [2.05, 4.69) is 36.3 Å². The Morgan fingerprint density at radius 3 is 2.50 bits per heavy atom. The molecule has 1 saturated carbocycles. The third kappa shape index (κ3) is 3.32. The minimum absolute atomic E-state index is 0.470. The highest BCUT2D eigenvalue weighted by atomic mass is 14.9. The summed E-state index contributed by atoms with van der Waals surface area (Å²) < 4.78 is 0. The zero-order valence-electron chi connectivity index (χ0n) is 11.8. The maximum atomic E-state index is 4.11. The lowest BCUT2D eigenvalue weighted by Crippen LogP contribution is -2.46. The molecule has 1 aliphatic rings. The van der Waals surface area contributed by atoms with Gasteiger partial charge in [0.1, 0.15) is 0 Å². The molecule has 0 bridgehead atoms. The number of nitrogens with zero attached hydrogens (tertiary/aromatic N) is 1. The number of aromatic nitrogens is 1. The van der Waals surface area contributed by atoms with E-state index in [0.717, 1.165) is 13.0 Å². The smallest absolute Gasteiger partial charge is 0.0270 e. The Balaban J connectivity index is 2.07. The fraction of sp³-hybridized carbons (Fsp3) is 0.688. The summed E-state index contributed by atoms with van der Waals surface area (Å²) in [4.78, 5) is 4.11. The molecule has 2 nitrogen and oxygen atoms in total. The molecule has 0 aliphatic heterocycles. The maximum absolute atomic E-state index is 4.11. The van der Waals surface area contributed by atoms with Crippen LogP contribution in [0.5, 0.6) is 0 Å². The van der Waals surface area contributed by atoms with Gasteiger partial charge in [0.25, 0.3) is 0 Å². The lowest BCUT2D eigenvalue weighted by atomic mass is 9.69. The Bertz CT molecular complexity index is 341. The first-order valence-electron chi connectivity index (χ1n) is 7.37. The Kier molecular flexibility index (Phi) is 4.76.